The van der Waals surface area contributed by atoms with Crippen LogP contribution >= 0.6 is 12.2 Å². The number of thiocarbonyl (C=S) groups is 1. The molecule has 0 radical (unpaired) electrons. The lowest BCUT2D eigenvalue weighted by Crippen LogP contribution is -2.41. The Kier molecular flexibility index (Phi) is 5.97. The summed E-state index contributed by atoms with van der Waals surface area (Å²) >= 11 is 5.58. The van der Waals surface area contributed by atoms with Crippen LogP contribution in [0.2, 0.25) is 0 Å². The zero-order valence-corrected chi connectivity index (χ0v) is 16.9. The van der Waals surface area contributed by atoms with Crippen molar-refractivity contribution in [1.82, 2.24) is 9.80 Å². The maximum Gasteiger partial charge on any atom is 0.277 e. The number of rotatable bonds is 5. The Morgan fingerprint density at radius 3 is 2.31 bits per heavy atom. The maximum absolute atomic E-state index is 13.0. The number of likely N-dealkylation sites (N-methyl/N-ethyl adjacent to an activating group) is 1. The molecule has 1 heterocycles. The summed E-state index contributed by atoms with van der Waals surface area (Å²) in [7, 11) is 1.90. The second-order valence-corrected chi connectivity index (χ2v) is 7.47. The van der Waals surface area contributed by atoms with E-state index in [4.69, 9.17) is 12.2 Å². The lowest BCUT2D eigenvalue weighted by atomic mass is 9.94. The first-order valence-electron chi connectivity index (χ1n) is 9.74. The highest BCUT2D eigenvalue weighted by atomic mass is 32.1. The molecule has 1 aliphatic carbocycles. The van der Waals surface area contributed by atoms with Gasteiger partial charge in [-0.3, -0.25) is 9.69 Å². The minimum absolute atomic E-state index is 0.0530. The SMILES string of the molecule is CCN(CC)c1ccc(/C=C2\C(=O)N(C3CCCCC3)C(=S)N2C)cc1. The van der Waals surface area contributed by atoms with Gasteiger partial charge in [0.2, 0.25) is 0 Å². The predicted octanol–water partition coefficient (Wildman–Crippen LogP) is 4.27. The molecule has 26 heavy (non-hydrogen) atoms. The van der Waals surface area contributed by atoms with Gasteiger partial charge in [-0.1, -0.05) is 31.4 Å². The van der Waals surface area contributed by atoms with Gasteiger partial charge in [0.25, 0.3) is 5.91 Å². The lowest BCUT2D eigenvalue weighted by Gasteiger charge is -2.30. The molecule has 1 saturated heterocycles. The van der Waals surface area contributed by atoms with Crippen LogP contribution in [0.25, 0.3) is 6.08 Å². The molecule has 0 spiro atoms. The third-order valence-corrected chi connectivity index (χ3v) is 6.03. The van der Waals surface area contributed by atoms with Gasteiger partial charge >= 0.3 is 0 Å². The molecule has 140 valence electrons. The minimum atomic E-state index is 0.0530. The van der Waals surface area contributed by atoms with E-state index < -0.39 is 0 Å². The van der Waals surface area contributed by atoms with Crippen molar-refractivity contribution in [2.45, 2.75) is 52.0 Å². The van der Waals surface area contributed by atoms with Crippen LogP contribution in [-0.4, -0.2) is 47.0 Å². The van der Waals surface area contributed by atoms with Crippen LogP contribution in [0.4, 0.5) is 5.69 Å². The molecule has 1 aromatic carbocycles. The van der Waals surface area contributed by atoms with Gasteiger partial charge in [-0.25, -0.2) is 0 Å². The van der Waals surface area contributed by atoms with Gasteiger partial charge in [0.15, 0.2) is 5.11 Å². The molecule has 0 unspecified atom stereocenters. The summed E-state index contributed by atoms with van der Waals surface area (Å²) < 4.78 is 0. The summed E-state index contributed by atoms with van der Waals surface area (Å²) in [5.41, 5.74) is 2.92. The Hall–Kier alpha value is -1.88. The van der Waals surface area contributed by atoms with E-state index in [0.29, 0.717) is 10.8 Å². The quantitative estimate of drug-likeness (QED) is 0.571. The van der Waals surface area contributed by atoms with Crippen LogP contribution in [0, 0.1) is 0 Å². The van der Waals surface area contributed by atoms with Crippen LogP contribution in [0.15, 0.2) is 30.0 Å². The third kappa shape index (κ3) is 3.63. The smallest absolute Gasteiger partial charge is 0.277 e. The fraction of sp³-hybridized carbons (Fsp3) is 0.524. The van der Waals surface area contributed by atoms with Crippen LogP contribution in [0.3, 0.4) is 0 Å². The first-order chi connectivity index (χ1) is 12.6. The summed E-state index contributed by atoms with van der Waals surface area (Å²) in [6, 6.07) is 8.66. The Bertz CT molecular complexity index is 688. The van der Waals surface area contributed by atoms with Crippen molar-refractivity contribution in [3.8, 4) is 0 Å². The number of hydrogen-bond donors (Lipinski definition) is 0. The fourth-order valence-electron chi connectivity index (χ4n) is 3.97. The van der Waals surface area contributed by atoms with E-state index in [2.05, 4.69) is 43.0 Å². The maximum atomic E-state index is 13.0. The van der Waals surface area contributed by atoms with E-state index in [9.17, 15) is 4.79 Å². The Labute approximate surface area is 162 Å². The van der Waals surface area contributed by atoms with Gasteiger partial charge in [-0.2, -0.15) is 0 Å². The highest BCUT2D eigenvalue weighted by Gasteiger charge is 2.40. The number of amides is 1. The molecular formula is C21H29N3OS. The van der Waals surface area contributed by atoms with Crippen molar-refractivity contribution >= 4 is 35.0 Å². The Morgan fingerprint density at radius 2 is 1.73 bits per heavy atom. The molecule has 2 aliphatic rings. The molecule has 5 heteroatoms. The molecule has 4 nitrogen and oxygen atoms in total. The van der Waals surface area contributed by atoms with Crippen molar-refractivity contribution in [3.63, 3.8) is 0 Å². The monoisotopic (exact) mass is 371 g/mol. The lowest BCUT2D eigenvalue weighted by molar-refractivity contribution is -0.124. The van der Waals surface area contributed by atoms with Crippen molar-refractivity contribution in [1.29, 1.82) is 0 Å². The molecule has 0 bridgehead atoms. The molecule has 0 aromatic heterocycles. The van der Waals surface area contributed by atoms with E-state index in [1.807, 2.05) is 22.9 Å². The summed E-state index contributed by atoms with van der Waals surface area (Å²) in [4.78, 5) is 19.0. The van der Waals surface area contributed by atoms with E-state index in [1.165, 1.54) is 24.9 Å². The fourth-order valence-corrected chi connectivity index (χ4v) is 4.30. The Balaban J connectivity index is 1.81. The number of carbonyl (C=O) groups excluding carboxylic acids is 1. The zero-order chi connectivity index (χ0) is 18.7. The van der Waals surface area contributed by atoms with Gasteiger partial charge < -0.3 is 9.80 Å². The Morgan fingerprint density at radius 1 is 1.12 bits per heavy atom. The molecule has 1 aliphatic heterocycles. The first-order valence-corrected chi connectivity index (χ1v) is 10.2. The summed E-state index contributed by atoms with van der Waals surface area (Å²) in [6.45, 7) is 6.30. The topological polar surface area (TPSA) is 26.8 Å². The summed E-state index contributed by atoms with van der Waals surface area (Å²) in [5, 5.41) is 0.646. The minimum Gasteiger partial charge on any atom is -0.372 e. The van der Waals surface area contributed by atoms with Crippen LogP contribution in [0.5, 0.6) is 0 Å². The molecule has 3 rings (SSSR count). The van der Waals surface area contributed by atoms with E-state index in [1.54, 1.807) is 0 Å². The molecule has 1 aromatic rings. The van der Waals surface area contributed by atoms with Crippen LogP contribution in [0.1, 0.15) is 51.5 Å². The average molecular weight is 372 g/mol. The summed E-state index contributed by atoms with van der Waals surface area (Å²) in [5.74, 6) is 0.0530. The predicted molar refractivity (Wildman–Crippen MR) is 112 cm³/mol. The first kappa shape index (κ1) is 18.9. The largest absolute Gasteiger partial charge is 0.372 e. The second kappa shape index (κ2) is 8.21. The van der Waals surface area contributed by atoms with Crippen molar-refractivity contribution in [2.75, 3.05) is 25.0 Å². The zero-order valence-electron chi connectivity index (χ0n) is 16.1. The van der Waals surface area contributed by atoms with Gasteiger partial charge in [0, 0.05) is 31.9 Å². The molecular weight excluding hydrogens is 342 g/mol. The van der Waals surface area contributed by atoms with Crippen LogP contribution < -0.4 is 4.90 Å². The van der Waals surface area contributed by atoms with Gasteiger partial charge in [-0.15, -0.1) is 0 Å². The summed E-state index contributed by atoms with van der Waals surface area (Å²) in [6.07, 6.45) is 7.72. The number of nitrogens with zero attached hydrogens (tertiary/aromatic N) is 3. The highest BCUT2D eigenvalue weighted by molar-refractivity contribution is 7.80. The van der Waals surface area contributed by atoms with Gasteiger partial charge in [0.1, 0.15) is 5.70 Å². The van der Waals surface area contributed by atoms with Crippen molar-refractivity contribution in [2.24, 2.45) is 0 Å². The molecule has 1 amide bonds. The number of carbonyl (C=O) groups is 1. The number of anilines is 1. The molecule has 1 saturated carbocycles. The van der Waals surface area contributed by atoms with E-state index in [0.717, 1.165) is 31.5 Å². The third-order valence-electron chi connectivity index (χ3n) is 5.56. The number of benzene rings is 1. The number of hydrogen-bond acceptors (Lipinski definition) is 3. The molecule has 2 fully saturated rings. The normalized spacial score (nSPS) is 20.3. The second-order valence-electron chi connectivity index (χ2n) is 7.10. The highest BCUT2D eigenvalue weighted by Crippen LogP contribution is 2.30. The van der Waals surface area contributed by atoms with E-state index in [-0.39, 0.29) is 11.9 Å². The van der Waals surface area contributed by atoms with Crippen molar-refractivity contribution < 1.29 is 4.79 Å². The standard InChI is InChI=1S/C21H29N3OS/c1-4-23(5-2)17-13-11-16(12-14-17)15-19-20(25)24(21(26)22(19)3)18-9-7-6-8-10-18/h11-15,18H,4-10H2,1-3H3/b19-15+. The van der Waals surface area contributed by atoms with E-state index >= 15 is 0 Å². The van der Waals surface area contributed by atoms with Gasteiger partial charge in [-0.05, 0) is 62.7 Å². The van der Waals surface area contributed by atoms with Crippen molar-refractivity contribution in [3.05, 3.63) is 35.5 Å². The average Bonchev–Trinajstić information content (AvgIpc) is 2.88. The van der Waals surface area contributed by atoms with Gasteiger partial charge in [0.05, 0.1) is 0 Å². The van der Waals surface area contributed by atoms with Crippen LogP contribution in [-0.2, 0) is 4.79 Å². The molecule has 0 N–H and O–H groups in total. The molecule has 0 atom stereocenters.